The molecule has 2 amide bonds. The topological polar surface area (TPSA) is 114 Å². The maximum atomic E-state index is 12.5. The number of nitrogens with one attached hydrogen (secondary N) is 3. The van der Waals surface area contributed by atoms with Crippen molar-refractivity contribution in [1.82, 2.24) is 4.72 Å². The second-order valence-corrected chi connectivity index (χ2v) is 8.66. The van der Waals surface area contributed by atoms with Gasteiger partial charge in [0, 0.05) is 12.6 Å². The van der Waals surface area contributed by atoms with Crippen LogP contribution in [0.4, 0.5) is 24.5 Å². The summed E-state index contributed by atoms with van der Waals surface area (Å²) in [5.74, 6) is -1.32. The van der Waals surface area contributed by atoms with Gasteiger partial charge in [0.15, 0.2) is 6.61 Å². The van der Waals surface area contributed by atoms with Crippen LogP contribution in [-0.2, 0) is 19.6 Å². The Kier molecular flexibility index (Phi) is 7.86. The van der Waals surface area contributed by atoms with Crippen molar-refractivity contribution < 1.29 is 35.9 Å². The summed E-state index contributed by atoms with van der Waals surface area (Å²) < 4.78 is 69.5. The standard InChI is InChI=1S/C20H22F3N3O5S/c1-12-4-9-17(18(10-12)31-11-20(21,22)23)25-19(28)13(2)26-32(29,30)16-7-5-15(6-8-16)24-14(3)27/h4-10,13,26H,11H2,1-3H3,(H,24,27)(H,25,28)/t13-/m0/s1. The molecule has 0 heterocycles. The van der Waals surface area contributed by atoms with E-state index in [0.29, 0.717) is 11.3 Å². The molecule has 0 bridgehead atoms. The monoisotopic (exact) mass is 473 g/mol. The molecule has 0 aliphatic carbocycles. The lowest BCUT2D eigenvalue weighted by molar-refractivity contribution is -0.153. The van der Waals surface area contributed by atoms with Crippen LogP contribution in [0.25, 0.3) is 0 Å². The summed E-state index contributed by atoms with van der Waals surface area (Å²) in [4.78, 5) is 23.4. The van der Waals surface area contributed by atoms with Crippen LogP contribution in [0.2, 0.25) is 0 Å². The van der Waals surface area contributed by atoms with Crippen molar-refractivity contribution in [3.63, 3.8) is 0 Å². The third kappa shape index (κ3) is 7.54. The van der Waals surface area contributed by atoms with Gasteiger partial charge < -0.3 is 15.4 Å². The molecule has 174 valence electrons. The molecule has 2 aromatic rings. The number of aryl methyl sites for hydroxylation is 1. The summed E-state index contributed by atoms with van der Waals surface area (Å²) in [7, 11) is -4.09. The lowest BCUT2D eigenvalue weighted by Crippen LogP contribution is -2.41. The Morgan fingerprint density at radius 2 is 1.69 bits per heavy atom. The molecule has 0 aromatic heterocycles. The van der Waals surface area contributed by atoms with Crippen molar-refractivity contribution in [3.8, 4) is 5.75 Å². The second kappa shape index (κ2) is 10.0. The van der Waals surface area contributed by atoms with Crippen LogP contribution in [0, 0.1) is 6.92 Å². The molecule has 2 aromatic carbocycles. The number of anilines is 2. The first-order chi connectivity index (χ1) is 14.8. The third-order valence-electron chi connectivity index (χ3n) is 4.00. The Bertz CT molecular complexity index is 1090. The van der Waals surface area contributed by atoms with Crippen molar-refractivity contribution in [2.24, 2.45) is 0 Å². The minimum Gasteiger partial charge on any atom is -0.482 e. The molecule has 0 saturated heterocycles. The molecular weight excluding hydrogens is 451 g/mol. The van der Waals surface area contributed by atoms with Gasteiger partial charge in [-0.15, -0.1) is 0 Å². The zero-order chi connectivity index (χ0) is 24.1. The number of alkyl halides is 3. The normalized spacial score (nSPS) is 12.7. The zero-order valence-corrected chi connectivity index (χ0v) is 18.2. The molecule has 0 radical (unpaired) electrons. The molecule has 12 heteroatoms. The molecule has 0 unspecified atom stereocenters. The first-order valence-electron chi connectivity index (χ1n) is 9.28. The molecule has 3 N–H and O–H groups in total. The number of benzene rings is 2. The van der Waals surface area contributed by atoms with Crippen molar-refractivity contribution >= 4 is 33.2 Å². The van der Waals surface area contributed by atoms with Gasteiger partial charge in [0.25, 0.3) is 0 Å². The van der Waals surface area contributed by atoms with Gasteiger partial charge in [-0.05, 0) is 55.8 Å². The van der Waals surface area contributed by atoms with Crippen molar-refractivity contribution in [2.75, 3.05) is 17.2 Å². The second-order valence-electron chi connectivity index (χ2n) is 6.94. The third-order valence-corrected chi connectivity index (χ3v) is 5.55. The van der Waals surface area contributed by atoms with Gasteiger partial charge >= 0.3 is 6.18 Å². The minimum absolute atomic E-state index is 0.0319. The first kappa shape index (κ1) is 25.1. The Labute approximate surface area is 183 Å². The summed E-state index contributed by atoms with van der Waals surface area (Å²) in [5, 5.41) is 4.87. The quantitative estimate of drug-likeness (QED) is 0.545. The number of hydrogen-bond donors (Lipinski definition) is 3. The summed E-state index contributed by atoms with van der Waals surface area (Å²) in [5.41, 5.74) is 0.972. The van der Waals surface area contributed by atoms with Gasteiger partial charge in [0.05, 0.1) is 16.6 Å². The van der Waals surface area contributed by atoms with E-state index >= 15 is 0 Å². The number of sulfonamides is 1. The van der Waals surface area contributed by atoms with E-state index in [4.69, 9.17) is 4.74 Å². The summed E-state index contributed by atoms with van der Waals surface area (Å²) in [6, 6.07) is 8.26. The summed E-state index contributed by atoms with van der Waals surface area (Å²) in [6.45, 7) is 2.68. The molecule has 8 nitrogen and oxygen atoms in total. The Morgan fingerprint density at radius 3 is 2.25 bits per heavy atom. The zero-order valence-electron chi connectivity index (χ0n) is 17.4. The highest BCUT2D eigenvalue weighted by Crippen LogP contribution is 2.28. The molecule has 0 aliphatic rings. The lowest BCUT2D eigenvalue weighted by atomic mass is 10.2. The SMILES string of the molecule is CC(=O)Nc1ccc(S(=O)(=O)N[C@@H](C)C(=O)Nc2ccc(C)cc2OCC(F)(F)F)cc1. The van der Waals surface area contributed by atoms with E-state index in [-0.39, 0.29) is 22.2 Å². The van der Waals surface area contributed by atoms with Gasteiger partial charge in [-0.3, -0.25) is 9.59 Å². The van der Waals surface area contributed by atoms with E-state index in [1.165, 1.54) is 50.2 Å². The number of rotatable bonds is 8. The summed E-state index contributed by atoms with van der Waals surface area (Å²) >= 11 is 0. The van der Waals surface area contributed by atoms with Crippen molar-refractivity contribution in [3.05, 3.63) is 48.0 Å². The molecule has 1 atom stereocenters. The molecule has 2 rings (SSSR count). The number of carbonyl (C=O) groups is 2. The average Bonchev–Trinajstić information content (AvgIpc) is 2.67. The van der Waals surface area contributed by atoms with Crippen LogP contribution < -0.4 is 20.1 Å². The van der Waals surface area contributed by atoms with E-state index in [9.17, 15) is 31.2 Å². The van der Waals surface area contributed by atoms with Crippen molar-refractivity contribution in [2.45, 2.75) is 37.9 Å². The van der Waals surface area contributed by atoms with Gasteiger partial charge in [0.2, 0.25) is 21.8 Å². The fraction of sp³-hybridized carbons (Fsp3) is 0.300. The van der Waals surface area contributed by atoms with Crippen LogP contribution >= 0.6 is 0 Å². The fourth-order valence-electron chi connectivity index (χ4n) is 2.53. The molecule has 32 heavy (non-hydrogen) atoms. The van der Waals surface area contributed by atoms with Gasteiger partial charge in [-0.1, -0.05) is 6.07 Å². The lowest BCUT2D eigenvalue weighted by Gasteiger charge is -2.18. The van der Waals surface area contributed by atoms with Crippen LogP contribution in [0.5, 0.6) is 5.75 Å². The minimum atomic E-state index is -4.57. The Hall–Kier alpha value is -3.12. The highest BCUT2D eigenvalue weighted by atomic mass is 32.2. The van der Waals surface area contributed by atoms with Crippen molar-refractivity contribution in [1.29, 1.82) is 0 Å². The average molecular weight is 473 g/mol. The smallest absolute Gasteiger partial charge is 0.422 e. The highest BCUT2D eigenvalue weighted by molar-refractivity contribution is 7.89. The van der Waals surface area contributed by atoms with Crippen LogP contribution in [0.15, 0.2) is 47.4 Å². The van der Waals surface area contributed by atoms with Gasteiger partial charge in [-0.25, -0.2) is 8.42 Å². The number of amides is 2. The maximum Gasteiger partial charge on any atom is 0.422 e. The number of ether oxygens (including phenoxy) is 1. The van der Waals surface area contributed by atoms with Crippen LogP contribution in [0.1, 0.15) is 19.4 Å². The molecule has 0 aliphatic heterocycles. The van der Waals surface area contributed by atoms with E-state index < -0.39 is 34.8 Å². The maximum absolute atomic E-state index is 12.5. The molecular formula is C20H22F3N3O5S. The van der Waals surface area contributed by atoms with E-state index in [1.807, 2.05) is 0 Å². The van der Waals surface area contributed by atoms with E-state index in [0.717, 1.165) is 0 Å². The molecule has 0 fully saturated rings. The molecule has 0 saturated carbocycles. The number of halogens is 3. The Balaban J connectivity index is 2.10. The van der Waals surface area contributed by atoms with Gasteiger partial charge in [0.1, 0.15) is 5.75 Å². The van der Waals surface area contributed by atoms with E-state index in [1.54, 1.807) is 13.0 Å². The predicted octanol–water partition coefficient (Wildman–Crippen LogP) is 3.20. The Morgan fingerprint density at radius 1 is 1.06 bits per heavy atom. The number of carbonyl (C=O) groups excluding carboxylic acids is 2. The number of hydrogen-bond acceptors (Lipinski definition) is 5. The largest absolute Gasteiger partial charge is 0.482 e. The van der Waals surface area contributed by atoms with E-state index in [2.05, 4.69) is 15.4 Å². The summed E-state index contributed by atoms with van der Waals surface area (Å²) in [6.07, 6.45) is -4.57. The van der Waals surface area contributed by atoms with Crippen LogP contribution in [-0.4, -0.2) is 39.1 Å². The predicted molar refractivity (Wildman–Crippen MR) is 112 cm³/mol. The van der Waals surface area contributed by atoms with Crippen LogP contribution in [0.3, 0.4) is 0 Å². The molecule has 0 spiro atoms. The fourth-order valence-corrected chi connectivity index (χ4v) is 3.73. The highest BCUT2D eigenvalue weighted by Gasteiger charge is 2.29. The van der Waals surface area contributed by atoms with Gasteiger partial charge in [-0.2, -0.15) is 17.9 Å². The first-order valence-corrected chi connectivity index (χ1v) is 10.8.